The Balaban J connectivity index is 2.16. The van der Waals surface area contributed by atoms with Crippen molar-refractivity contribution in [1.29, 1.82) is 0 Å². The van der Waals surface area contributed by atoms with E-state index in [9.17, 15) is 9.59 Å². The monoisotopic (exact) mass is 272 g/mol. The highest BCUT2D eigenvalue weighted by atomic mass is 16.5. The fourth-order valence-electron chi connectivity index (χ4n) is 1.63. The zero-order valence-electron chi connectivity index (χ0n) is 10.7. The maximum absolute atomic E-state index is 11.9. The van der Waals surface area contributed by atoms with Crippen molar-refractivity contribution in [1.82, 2.24) is 5.16 Å². The largest absolute Gasteiger partial charge is 0.478 e. The maximum atomic E-state index is 11.9. The van der Waals surface area contributed by atoms with Crippen molar-refractivity contribution >= 4 is 23.6 Å². The average Bonchev–Trinajstić information content (AvgIpc) is 2.89. The maximum Gasteiger partial charge on any atom is 0.328 e. The third-order valence-corrected chi connectivity index (χ3v) is 2.63. The Kier molecular flexibility index (Phi) is 3.95. The molecule has 0 aliphatic rings. The highest BCUT2D eigenvalue weighted by Crippen LogP contribution is 2.14. The van der Waals surface area contributed by atoms with Crippen LogP contribution in [0.4, 0.5) is 5.69 Å². The number of hydrogen-bond acceptors (Lipinski definition) is 4. The number of nitrogens with zero attached hydrogens (tertiary/aromatic N) is 1. The van der Waals surface area contributed by atoms with Crippen LogP contribution in [0.15, 0.2) is 41.3 Å². The van der Waals surface area contributed by atoms with Crippen LogP contribution in [0.1, 0.15) is 21.5 Å². The molecule has 0 radical (unpaired) electrons. The second-order valence-corrected chi connectivity index (χ2v) is 4.11. The van der Waals surface area contributed by atoms with Gasteiger partial charge in [0.05, 0.1) is 6.20 Å². The fraction of sp³-hybridized carbons (Fsp3) is 0.0714. The van der Waals surface area contributed by atoms with Gasteiger partial charge in [0.1, 0.15) is 12.0 Å². The van der Waals surface area contributed by atoms with Crippen LogP contribution in [0.25, 0.3) is 6.08 Å². The van der Waals surface area contributed by atoms with E-state index in [1.807, 2.05) is 0 Å². The molecule has 0 aliphatic carbocycles. The smallest absolute Gasteiger partial charge is 0.328 e. The van der Waals surface area contributed by atoms with E-state index in [0.29, 0.717) is 11.3 Å². The molecule has 6 heteroatoms. The molecule has 0 saturated carbocycles. The van der Waals surface area contributed by atoms with Gasteiger partial charge in [-0.05, 0) is 36.3 Å². The minimum atomic E-state index is -1.02. The van der Waals surface area contributed by atoms with Crippen LogP contribution in [0.2, 0.25) is 0 Å². The molecule has 0 atom stereocenters. The number of anilines is 1. The normalized spacial score (nSPS) is 10.7. The summed E-state index contributed by atoms with van der Waals surface area (Å²) in [7, 11) is 0. The van der Waals surface area contributed by atoms with Crippen LogP contribution in [0.5, 0.6) is 0 Å². The summed E-state index contributed by atoms with van der Waals surface area (Å²) >= 11 is 0. The molecule has 1 aromatic heterocycles. The number of carbonyl (C=O) groups is 2. The predicted molar refractivity (Wildman–Crippen MR) is 72.3 cm³/mol. The van der Waals surface area contributed by atoms with Gasteiger partial charge in [-0.3, -0.25) is 4.79 Å². The van der Waals surface area contributed by atoms with Crippen LogP contribution in [0, 0.1) is 6.92 Å². The summed E-state index contributed by atoms with van der Waals surface area (Å²) in [6, 6.07) is 5.00. The highest BCUT2D eigenvalue weighted by molar-refractivity contribution is 6.04. The number of carboxylic acids is 1. The van der Waals surface area contributed by atoms with E-state index < -0.39 is 5.97 Å². The Labute approximate surface area is 114 Å². The molecule has 1 amide bonds. The first-order valence-corrected chi connectivity index (χ1v) is 5.78. The number of rotatable bonds is 4. The lowest BCUT2D eigenvalue weighted by Gasteiger charge is -2.05. The van der Waals surface area contributed by atoms with Crippen molar-refractivity contribution in [3.05, 3.63) is 53.4 Å². The van der Waals surface area contributed by atoms with Crippen molar-refractivity contribution in [2.75, 3.05) is 5.32 Å². The second kappa shape index (κ2) is 5.83. The number of benzene rings is 1. The average molecular weight is 272 g/mol. The first-order valence-electron chi connectivity index (χ1n) is 5.78. The summed E-state index contributed by atoms with van der Waals surface area (Å²) in [6.07, 6.45) is 5.27. The molecule has 2 rings (SSSR count). The highest BCUT2D eigenvalue weighted by Gasteiger charge is 2.08. The summed E-state index contributed by atoms with van der Waals surface area (Å²) < 4.78 is 4.62. The standard InChI is InChI=1S/C14H12N2O4/c1-9-6-11(3-2-10(9)4-5-13(17)18)14(19)16-12-7-15-20-8-12/h2-8H,1H3,(H,16,19)(H,17,18)/b5-4+. The molecule has 6 nitrogen and oxygen atoms in total. The van der Waals surface area contributed by atoms with Gasteiger partial charge in [-0.25, -0.2) is 4.79 Å². The van der Waals surface area contributed by atoms with E-state index in [4.69, 9.17) is 5.11 Å². The molecule has 20 heavy (non-hydrogen) atoms. The lowest BCUT2D eigenvalue weighted by atomic mass is 10.0. The molecule has 2 N–H and O–H groups in total. The number of nitrogens with one attached hydrogen (secondary N) is 1. The van der Waals surface area contributed by atoms with E-state index in [2.05, 4.69) is 15.0 Å². The van der Waals surface area contributed by atoms with Gasteiger partial charge >= 0.3 is 5.97 Å². The number of aromatic nitrogens is 1. The first kappa shape index (κ1) is 13.5. The summed E-state index contributed by atoms with van der Waals surface area (Å²) in [5.74, 6) is -1.30. The Bertz CT molecular complexity index is 660. The van der Waals surface area contributed by atoms with E-state index in [0.717, 1.165) is 17.2 Å². The van der Waals surface area contributed by atoms with E-state index in [1.54, 1.807) is 25.1 Å². The molecule has 0 spiro atoms. The van der Waals surface area contributed by atoms with Gasteiger partial charge in [0.25, 0.3) is 5.91 Å². The minimum absolute atomic E-state index is 0.287. The van der Waals surface area contributed by atoms with Gasteiger partial charge in [-0.15, -0.1) is 0 Å². The van der Waals surface area contributed by atoms with Crippen molar-refractivity contribution in [2.45, 2.75) is 6.92 Å². The summed E-state index contributed by atoms with van der Waals surface area (Å²) in [5.41, 5.74) is 2.49. The van der Waals surface area contributed by atoms with Gasteiger partial charge < -0.3 is 14.9 Å². The fourth-order valence-corrected chi connectivity index (χ4v) is 1.63. The number of aryl methyl sites for hydroxylation is 1. The van der Waals surface area contributed by atoms with Crippen LogP contribution < -0.4 is 5.32 Å². The quantitative estimate of drug-likeness (QED) is 0.833. The third-order valence-electron chi connectivity index (χ3n) is 2.63. The van der Waals surface area contributed by atoms with Gasteiger partial charge in [0, 0.05) is 11.6 Å². The lowest BCUT2D eigenvalue weighted by molar-refractivity contribution is -0.131. The molecule has 0 fully saturated rings. The molecule has 0 bridgehead atoms. The Hall–Kier alpha value is -2.89. The Morgan fingerprint density at radius 1 is 1.40 bits per heavy atom. The molecule has 0 aliphatic heterocycles. The molecule has 1 aromatic carbocycles. The molecule has 0 saturated heterocycles. The molecule has 102 valence electrons. The first-order chi connectivity index (χ1) is 9.56. The van der Waals surface area contributed by atoms with Crippen LogP contribution in [-0.4, -0.2) is 22.1 Å². The molecule has 2 aromatic rings. The molecule has 1 heterocycles. The Morgan fingerprint density at radius 3 is 2.80 bits per heavy atom. The van der Waals surface area contributed by atoms with E-state index >= 15 is 0 Å². The van der Waals surface area contributed by atoms with E-state index in [-0.39, 0.29) is 5.91 Å². The summed E-state index contributed by atoms with van der Waals surface area (Å²) in [6.45, 7) is 1.80. The van der Waals surface area contributed by atoms with Gasteiger partial charge in [-0.2, -0.15) is 0 Å². The van der Waals surface area contributed by atoms with Gasteiger partial charge in [0.15, 0.2) is 0 Å². The Morgan fingerprint density at radius 2 is 2.20 bits per heavy atom. The van der Waals surface area contributed by atoms with Crippen LogP contribution in [-0.2, 0) is 4.79 Å². The minimum Gasteiger partial charge on any atom is -0.478 e. The number of hydrogen-bond donors (Lipinski definition) is 2. The molecular formula is C14H12N2O4. The third kappa shape index (κ3) is 3.32. The predicted octanol–water partition coefficient (Wildman–Crippen LogP) is 2.33. The van der Waals surface area contributed by atoms with Crippen molar-refractivity contribution in [3.63, 3.8) is 0 Å². The van der Waals surface area contributed by atoms with E-state index in [1.165, 1.54) is 18.5 Å². The summed E-state index contributed by atoms with van der Waals surface area (Å²) in [4.78, 5) is 22.4. The summed E-state index contributed by atoms with van der Waals surface area (Å²) in [5, 5.41) is 14.7. The van der Waals surface area contributed by atoms with Crippen molar-refractivity contribution in [3.8, 4) is 0 Å². The van der Waals surface area contributed by atoms with Crippen LogP contribution >= 0.6 is 0 Å². The molecule has 0 unspecified atom stereocenters. The van der Waals surface area contributed by atoms with Gasteiger partial charge in [-0.1, -0.05) is 11.2 Å². The lowest BCUT2D eigenvalue weighted by Crippen LogP contribution is -2.11. The van der Waals surface area contributed by atoms with Gasteiger partial charge in [0.2, 0.25) is 0 Å². The number of carboxylic acid groups (broad SMARTS) is 1. The van der Waals surface area contributed by atoms with Crippen LogP contribution in [0.3, 0.4) is 0 Å². The SMILES string of the molecule is Cc1cc(C(=O)Nc2cnoc2)ccc1/C=C/C(=O)O. The van der Waals surface area contributed by atoms with Crippen molar-refractivity contribution in [2.24, 2.45) is 0 Å². The zero-order valence-corrected chi connectivity index (χ0v) is 10.7. The number of carbonyl (C=O) groups excluding carboxylic acids is 1. The number of amides is 1. The second-order valence-electron chi connectivity index (χ2n) is 4.11. The molecular weight excluding hydrogens is 260 g/mol. The number of aliphatic carboxylic acids is 1. The topological polar surface area (TPSA) is 92.4 Å². The zero-order chi connectivity index (χ0) is 14.5. The van der Waals surface area contributed by atoms with Crippen molar-refractivity contribution < 1.29 is 19.2 Å².